The summed E-state index contributed by atoms with van der Waals surface area (Å²) < 4.78 is 0. The highest BCUT2D eigenvalue weighted by Gasteiger charge is 2.23. The van der Waals surface area contributed by atoms with Crippen molar-refractivity contribution in [3.05, 3.63) is 83.4 Å². The fourth-order valence-electron chi connectivity index (χ4n) is 2.99. The minimum Gasteiger partial charge on any atom is -0.349 e. The average molecular weight is 329 g/mol. The third-order valence-corrected chi connectivity index (χ3v) is 4.31. The third kappa shape index (κ3) is 2.92. The van der Waals surface area contributed by atoms with Crippen molar-refractivity contribution in [3.8, 4) is 0 Å². The maximum absolute atomic E-state index is 12.5. The molecule has 1 aliphatic rings. The van der Waals surface area contributed by atoms with Gasteiger partial charge >= 0.3 is 0 Å². The number of azo groups is 1. The molecule has 0 saturated carbocycles. The van der Waals surface area contributed by atoms with Gasteiger partial charge in [0.2, 0.25) is 0 Å². The van der Waals surface area contributed by atoms with Crippen molar-refractivity contribution in [2.45, 2.75) is 6.04 Å². The van der Waals surface area contributed by atoms with E-state index in [2.05, 4.69) is 15.5 Å². The Kier molecular flexibility index (Phi) is 3.82. The number of fused-ring (bicyclic) bond motifs is 2. The highest BCUT2D eigenvalue weighted by Crippen LogP contribution is 2.26. The first-order valence-electron chi connectivity index (χ1n) is 8.03. The van der Waals surface area contributed by atoms with Crippen molar-refractivity contribution >= 4 is 22.6 Å². The molecule has 0 saturated heterocycles. The molecule has 4 rings (SSSR count). The molecule has 0 fully saturated rings. The highest BCUT2D eigenvalue weighted by atomic mass is 16.2. The van der Waals surface area contributed by atoms with Crippen LogP contribution in [0.15, 0.2) is 77.0 Å². The molecule has 0 radical (unpaired) electrons. The van der Waals surface area contributed by atoms with Gasteiger partial charge in [-0.25, -0.2) is 0 Å². The van der Waals surface area contributed by atoms with Crippen LogP contribution in [0.2, 0.25) is 0 Å². The van der Waals surface area contributed by atoms with Crippen LogP contribution >= 0.6 is 0 Å². The largest absolute Gasteiger partial charge is 0.349 e. The average Bonchev–Trinajstić information content (AvgIpc) is 2.67. The first-order valence-corrected chi connectivity index (χ1v) is 8.03. The smallest absolute Gasteiger partial charge is 0.295 e. The molecule has 5 heteroatoms. The van der Waals surface area contributed by atoms with E-state index in [1.807, 2.05) is 48.5 Å². The lowest BCUT2D eigenvalue weighted by Crippen LogP contribution is -2.29. The Morgan fingerprint density at radius 3 is 2.60 bits per heavy atom. The molecule has 25 heavy (non-hydrogen) atoms. The summed E-state index contributed by atoms with van der Waals surface area (Å²) in [5.74, 6) is -0.511. The molecular weight excluding hydrogens is 314 g/mol. The van der Waals surface area contributed by atoms with Crippen molar-refractivity contribution < 1.29 is 9.59 Å². The number of nitrogens with one attached hydrogen (secondary N) is 1. The number of hydrogen-bond acceptors (Lipinski definition) is 3. The first kappa shape index (κ1) is 15.2. The summed E-state index contributed by atoms with van der Waals surface area (Å²) in [5.41, 5.74) is 1.93. The van der Waals surface area contributed by atoms with Crippen molar-refractivity contribution in [3.63, 3.8) is 0 Å². The Balaban J connectivity index is 1.52. The number of hydrogen-bond donors (Lipinski definition) is 1. The lowest BCUT2D eigenvalue weighted by molar-refractivity contribution is 0.0950. The predicted molar refractivity (Wildman–Crippen MR) is 94.7 cm³/mol. The Morgan fingerprint density at radius 1 is 0.960 bits per heavy atom. The van der Waals surface area contributed by atoms with E-state index in [0.717, 1.165) is 16.3 Å². The summed E-state index contributed by atoms with van der Waals surface area (Å²) in [6, 6.07) is 20.4. The normalized spacial score (nSPS) is 15.8. The lowest BCUT2D eigenvalue weighted by Gasteiger charge is -2.18. The van der Waals surface area contributed by atoms with Crippen LogP contribution in [-0.2, 0) is 0 Å². The fourth-order valence-corrected chi connectivity index (χ4v) is 2.99. The van der Waals surface area contributed by atoms with Crippen molar-refractivity contribution in [1.82, 2.24) is 5.32 Å². The molecule has 1 N–H and O–H groups in total. The van der Waals surface area contributed by atoms with E-state index in [-0.39, 0.29) is 17.9 Å². The topological polar surface area (TPSA) is 70.9 Å². The molecule has 0 spiro atoms. The van der Waals surface area contributed by atoms with Gasteiger partial charge in [-0.15, -0.1) is 5.11 Å². The molecule has 122 valence electrons. The maximum Gasteiger partial charge on any atom is 0.295 e. The van der Waals surface area contributed by atoms with Gasteiger partial charge in [0.05, 0.1) is 0 Å². The van der Waals surface area contributed by atoms with E-state index in [9.17, 15) is 9.59 Å². The zero-order valence-corrected chi connectivity index (χ0v) is 13.3. The van der Waals surface area contributed by atoms with Crippen LogP contribution in [0.4, 0.5) is 0 Å². The summed E-state index contributed by atoms with van der Waals surface area (Å²) in [6.07, 6.45) is 0. The summed E-state index contributed by atoms with van der Waals surface area (Å²) >= 11 is 0. The fraction of sp³-hybridized carbons (Fsp3) is 0.100. The standard InChI is InChI=1S/C20H15N3O2/c24-19(15-10-9-13-5-1-2-6-14(13)11-15)21-12-18-16-7-3-4-8-17(16)20(25)23-22-18/h1-11,18H,12H2,(H,21,24). The van der Waals surface area contributed by atoms with Crippen LogP contribution in [0.25, 0.3) is 10.8 Å². The highest BCUT2D eigenvalue weighted by molar-refractivity contribution is 5.99. The zero-order valence-electron chi connectivity index (χ0n) is 13.3. The van der Waals surface area contributed by atoms with Crippen LogP contribution in [0.5, 0.6) is 0 Å². The molecular formula is C20H15N3O2. The van der Waals surface area contributed by atoms with E-state index < -0.39 is 0 Å². The van der Waals surface area contributed by atoms with Gasteiger partial charge < -0.3 is 5.32 Å². The number of amides is 2. The maximum atomic E-state index is 12.5. The molecule has 2 amide bonds. The Bertz CT molecular complexity index is 1010. The van der Waals surface area contributed by atoms with Crippen LogP contribution in [0.3, 0.4) is 0 Å². The SMILES string of the molecule is O=C(NCC1N=NC(=O)c2ccccc21)c1ccc2ccccc2c1. The van der Waals surface area contributed by atoms with Crippen LogP contribution < -0.4 is 5.32 Å². The van der Waals surface area contributed by atoms with Gasteiger partial charge in [-0.05, 0) is 34.5 Å². The second-order valence-corrected chi connectivity index (χ2v) is 5.90. The summed E-state index contributed by atoms with van der Waals surface area (Å²) in [4.78, 5) is 24.2. The molecule has 5 nitrogen and oxygen atoms in total. The molecule has 1 heterocycles. The third-order valence-electron chi connectivity index (χ3n) is 4.31. The van der Waals surface area contributed by atoms with E-state index in [1.165, 1.54) is 0 Å². The van der Waals surface area contributed by atoms with Crippen molar-refractivity contribution in [2.24, 2.45) is 10.2 Å². The summed E-state index contributed by atoms with van der Waals surface area (Å²) in [6.45, 7) is 0.291. The number of rotatable bonds is 3. The van der Waals surface area contributed by atoms with Crippen LogP contribution in [0, 0.1) is 0 Å². The summed E-state index contributed by atoms with van der Waals surface area (Å²) in [5, 5.41) is 12.7. The van der Waals surface area contributed by atoms with E-state index in [1.54, 1.807) is 18.2 Å². The van der Waals surface area contributed by atoms with Crippen molar-refractivity contribution in [2.75, 3.05) is 6.54 Å². The molecule has 1 aliphatic heterocycles. The molecule has 1 atom stereocenters. The van der Waals surface area contributed by atoms with Gasteiger partial charge in [0, 0.05) is 17.7 Å². The monoisotopic (exact) mass is 329 g/mol. The number of benzene rings is 3. The Labute approximate surface area is 144 Å². The summed E-state index contributed by atoms with van der Waals surface area (Å²) in [7, 11) is 0. The Morgan fingerprint density at radius 2 is 1.72 bits per heavy atom. The lowest BCUT2D eigenvalue weighted by atomic mass is 9.99. The van der Waals surface area contributed by atoms with Gasteiger partial charge in [-0.2, -0.15) is 5.11 Å². The molecule has 3 aromatic rings. The van der Waals surface area contributed by atoms with Gasteiger partial charge in [0.1, 0.15) is 6.04 Å². The van der Waals surface area contributed by atoms with Gasteiger partial charge in [-0.1, -0.05) is 48.5 Å². The van der Waals surface area contributed by atoms with Crippen LogP contribution in [0.1, 0.15) is 32.3 Å². The zero-order chi connectivity index (χ0) is 17.2. The number of carbonyl (C=O) groups excluding carboxylic acids is 2. The van der Waals surface area contributed by atoms with Gasteiger partial charge in [0.15, 0.2) is 0 Å². The van der Waals surface area contributed by atoms with Crippen molar-refractivity contribution in [1.29, 1.82) is 0 Å². The Hall–Kier alpha value is -3.34. The van der Waals surface area contributed by atoms with E-state index in [4.69, 9.17) is 0 Å². The molecule has 1 unspecified atom stereocenters. The molecule has 3 aromatic carbocycles. The van der Waals surface area contributed by atoms with E-state index in [0.29, 0.717) is 17.7 Å². The second kappa shape index (κ2) is 6.28. The quantitative estimate of drug-likeness (QED) is 0.791. The molecule has 0 bridgehead atoms. The number of nitrogens with zero attached hydrogens (tertiary/aromatic N) is 2. The van der Waals surface area contributed by atoms with E-state index >= 15 is 0 Å². The molecule has 0 aromatic heterocycles. The predicted octanol–water partition coefficient (Wildman–Crippen LogP) is 3.92. The minimum absolute atomic E-state index is 0.171. The number of carbonyl (C=O) groups is 2. The van der Waals surface area contributed by atoms with Gasteiger partial charge in [0.25, 0.3) is 11.8 Å². The second-order valence-electron chi connectivity index (χ2n) is 5.90. The molecule has 0 aliphatic carbocycles. The van der Waals surface area contributed by atoms with Gasteiger partial charge in [-0.3, -0.25) is 9.59 Å². The van der Waals surface area contributed by atoms with Crippen LogP contribution in [-0.4, -0.2) is 18.4 Å². The first-order chi connectivity index (χ1) is 12.2. The minimum atomic E-state index is -0.349.